The molecule has 4 rings (SSSR count). The van der Waals surface area contributed by atoms with Crippen LogP contribution < -0.4 is 4.74 Å². The molecular formula is C22H30N2O4. The zero-order valence-corrected chi connectivity index (χ0v) is 16.9. The van der Waals surface area contributed by atoms with E-state index in [1.807, 2.05) is 17.0 Å². The van der Waals surface area contributed by atoms with Crippen LogP contribution in [-0.4, -0.2) is 60.2 Å². The fraction of sp³-hybridized carbons (Fsp3) is 0.636. The number of likely N-dealkylation sites (tertiary alicyclic amines) is 1. The molecule has 0 bridgehead atoms. The van der Waals surface area contributed by atoms with Gasteiger partial charge in [-0.05, 0) is 62.6 Å². The Morgan fingerprint density at radius 1 is 1.18 bits per heavy atom. The number of nitrogens with zero attached hydrogens (tertiary/aromatic N) is 2. The van der Waals surface area contributed by atoms with Crippen molar-refractivity contribution in [3.05, 3.63) is 29.8 Å². The van der Waals surface area contributed by atoms with E-state index in [-0.39, 0.29) is 11.8 Å². The number of ether oxygens (including phenoxy) is 2. The average molecular weight is 386 g/mol. The first-order valence-electron chi connectivity index (χ1n) is 10.4. The molecule has 3 fully saturated rings. The topological polar surface area (TPSA) is 59.1 Å². The molecule has 0 N–H and O–H groups in total. The van der Waals surface area contributed by atoms with Gasteiger partial charge < -0.3 is 14.4 Å². The monoisotopic (exact) mass is 386 g/mol. The molecule has 6 nitrogen and oxygen atoms in total. The Labute approximate surface area is 166 Å². The molecule has 3 aliphatic rings. The van der Waals surface area contributed by atoms with E-state index in [1.165, 1.54) is 0 Å². The number of carbonyl (C=O) groups is 2. The molecule has 0 unspecified atom stereocenters. The van der Waals surface area contributed by atoms with Gasteiger partial charge in [-0.25, -0.2) is 0 Å². The standard InChI is InChI=1S/C22H30N2O4/c1-16-8-10-22(11-9-16)24(20(25)17-6-5-7-18(14-17)27-2)19(15-28-22)21(26)23-12-3-4-13-23/h5-7,14,16,19H,3-4,8-13,15H2,1-2H3/t16?,19-,22?/m0/s1. The zero-order valence-electron chi connectivity index (χ0n) is 16.9. The van der Waals surface area contributed by atoms with Gasteiger partial charge in [-0.3, -0.25) is 14.5 Å². The van der Waals surface area contributed by atoms with Crippen molar-refractivity contribution in [1.82, 2.24) is 9.80 Å². The molecule has 1 aromatic carbocycles. The van der Waals surface area contributed by atoms with Crippen LogP contribution in [0.5, 0.6) is 5.75 Å². The Hall–Kier alpha value is -2.08. The minimum absolute atomic E-state index is 0.0317. The fourth-order valence-electron chi connectivity index (χ4n) is 4.81. The maximum atomic E-state index is 13.6. The summed E-state index contributed by atoms with van der Waals surface area (Å²) in [5.41, 5.74) is -0.116. The summed E-state index contributed by atoms with van der Waals surface area (Å²) in [6.07, 6.45) is 5.65. The molecule has 2 heterocycles. The Morgan fingerprint density at radius 3 is 2.57 bits per heavy atom. The molecule has 0 radical (unpaired) electrons. The molecule has 6 heteroatoms. The number of hydrogen-bond acceptors (Lipinski definition) is 4. The summed E-state index contributed by atoms with van der Waals surface area (Å²) < 4.78 is 11.6. The third-order valence-electron chi connectivity index (χ3n) is 6.55. The van der Waals surface area contributed by atoms with Crippen molar-refractivity contribution in [1.29, 1.82) is 0 Å². The lowest BCUT2D eigenvalue weighted by molar-refractivity contribution is -0.136. The van der Waals surface area contributed by atoms with E-state index in [1.54, 1.807) is 24.1 Å². The molecule has 152 valence electrons. The van der Waals surface area contributed by atoms with Crippen molar-refractivity contribution < 1.29 is 19.1 Å². The molecule has 2 saturated heterocycles. The van der Waals surface area contributed by atoms with Crippen LogP contribution in [0.3, 0.4) is 0 Å². The van der Waals surface area contributed by atoms with E-state index in [0.29, 0.717) is 23.8 Å². The maximum absolute atomic E-state index is 13.6. The smallest absolute Gasteiger partial charge is 0.257 e. The average Bonchev–Trinajstić information content (AvgIpc) is 3.38. The molecule has 28 heavy (non-hydrogen) atoms. The van der Waals surface area contributed by atoms with E-state index in [4.69, 9.17) is 9.47 Å². The molecule has 1 aliphatic carbocycles. The molecule has 1 saturated carbocycles. The van der Waals surface area contributed by atoms with Gasteiger partial charge in [-0.15, -0.1) is 0 Å². The van der Waals surface area contributed by atoms with Gasteiger partial charge in [0.2, 0.25) is 5.91 Å². The minimum Gasteiger partial charge on any atom is -0.497 e. The third-order valence-corrected chi connectivity index (χ3v) is 6.55. The summed E-state index contributed by atoms with van der Waals surface area (Å²) in [6.45, 7) is 4.09. The molecule has 2 aliphatic heterocycles. The van der Waals surface area contributed by atoms with Gasteiger partial charge in [0, 0.05) is 18.7 Å². The quantitative estimate of drug-likeness (QED) is 0.801. The van der Waals surface area contributed by atoms with Crippen molar-refractivity contribution >= 4 is 11.8 Å². The fourth-order valence-corrected chi connectivity index (χ4v) is 4.81. The molecular weight excluding hydrogens is 356 g/mol. The van der Waals surface area contributed by atoms with Crippen molar-refractivity contribution in [2.75, 3.05) is 26.8 Å². The van der Waals surface area contributed by atoms with Gasteiger partial charge in [-0.2, -0.15) is 0 Å². The van der Waals surface area contributed by atoms with Crippen LogP contribution in [0.4, 0.5) is 0 Å². The van der Waals surface area contributed by atoms with E-state index in [2.05, 4.69) is 6.92 Å². The Balaban J connectivity index is 1.67. The van der Waals surface area contributed by atoms with Crippen molar-refractivity contribution in [3.63, 3.8) is 0 Å². The number of rotatable bonds is 3. The first-order chi connectivity index (χ1) is 13.5. The Bertz CT molecular complexity index is 736. The highest BCUT2D eigenvalue weighted by atomic mass is 16.5. The zero-order chi connectivity index (χ0) is 19.7. The second kappa shape index (κ2) is 7.74. The predicted molar refractivity (Wildman–Crippen MR) is 105 cm³/mol. The number of benzene rings is 1. The normalized spacial score (nSPS) is 30.1. The molecule has 1 aromatic rings. The van der Waals surface area contributed by atoms with Crippen LogP contribution in [0, 0.1) is 5.92 Å². The third kappa shape index (κ3) is 3.39. The number of carbonyl (C=O) groups excluding carboxylic acids is 2. The maximum Gasteiger partial charge on any atom is 0.257 e. The summed E-state index contributed by atoms with van der Waals surface area (Å²) >= 11 is 0. The number of methoxy groups -OCH3 is 1. The minimum atomic E-state index is -0.660. The van der Waals surface area contributed by atoms with E-state index < -0.39 is 11.8 Å². The lowest BCUT2D eigenvalue weighted by atomic mass is 9.83. The van der Waals surface area contributed by atoms with Crippen LogP contribution in [0.25, 0.3) is 0 Å². The van der Waals surface area contributed by atoms with E-state index >= 15 is 0 Å². The summed E-state index contributed by atoms with van der Waals surface area (Å²) in [5.74, 6) is 1.16. The van der Waals surface area contributed by atoms with E-state index in [0.717, 1.165) is 51.6 Å². The van der Waals surface area contributed by atoms with Crippen LogP contribution >= 0.6 is 0 Å². The molecule has 1 atom stereocenters. The molecule has 0 aromatic heterocycles. The van der Waals surface area contributed by atoms with Crippen LogP contribution in [0.2, 0.25) is 0 Å². The summed E-state index contributed by atoms with van der Waals surface area (Å²) in [6, 6.07) is 6.64. The lowest BCUT2D eigenvalue weighted by Gasteiger charge is -2.43. The summed E-state index contributed by atoms with van der Waals surface area (Å²) in [7, 11) is 1.59. The molecule has 1 spiro atoms. The summed E-state index contributed by atoms with van der Waals surface area (Å²) in [5, 5.41) is 0. The Morgan fingerprint density at radius 2 is 1.89 bits per heavy atom. The Kier molecular flexibility index (Phi) is 5.32. The first kappa shape index (κ1) is 19.2. The van der Waals surface area contributed by atoms with E-state index in [9.17, 15) is 9.59 Å². The van der Waals surface area contributed by atoms with Crippen molar-refractivity contribution in [2.45, 2.75) is 57.2 Å². The first-order valence-corrected chi connectivity index (χ1v) is 10.4. The van der Waals surface area contributed by atoms with Gasteiger partial charge in [0.1, 0.15) is 17.5 Å². The summed E-state index contributed by atoms with van der Waals surface area (Å²) in [4.78, 5) is 30.5. The predicted octanol–water partition coefficient (Wildman–Crippen LogP) is 3.07. The van der Waals surface area contributed by atoms with Gasteiger partial charge in [0.15, 0.2) is 0 Å². The highest BCUT2D eigenvalue weighted by Gasteiger charge is 2.54. The van der Waals surface area contributed by atoms with Gasteiger partial charge in [0.05, 0.1) is 13.7 Å². The SMILES string of the molecule is COc1cccc(C(=O)N2[C@H](C(=O)N3CCCC3)COC23CCC(C)CC3)c1. The van der Waals surface area contributed by atoms with Crippen molar-refractivity contribution in [2.24, 2.45) is 5.92 Å². The largest absolute Gasteiger partial charge is 0.497 e. The van der Waals surface area contributed by atoms with Crippen LogP contribution in [0.15, 0.2) is 24.3 Å². The lowest BCUT2D eigenvalue weighted by Crippen LogP contribution is -2.57. The van der Waals surface area contributed by atoms with Gasteiger partial charge >= 0.3 is 0 Å². The van der Waals surface area contributed by atoms with Crippen LogP contribution in [0.1, 0.15) is 55.8 Å². The van der Waals surface area contributed by atoms with Gasteiger partial charge in [0.25, 0.3) is 5.91 Å². The number of hydrogen-bond donors (Lipinski definition) is 0. The van der Waals surface area contributed by atoms with Gasteiger partial charge in [-0.1, -0.05) is 13.0 Å². The highest BCUT2D eigenvalue weighted by Crippen LogP contribution is 2.43. The number of amides is 2. The second-order valence-electron chi connectivity index (χ2n) is 8.40. The van der Waals surface area contributed by atoms with Crippen molar-refractivity contribution in [3.8, 4) is 5.75 Å². The second-order valence-corrected chi connectivity index (χ2v) is 8.40. The molecule has 2 amide bonds. The highest BCUT2D eigenvalue weighted by molar-refractivity contribution is 5.98. The van der Waals surface area contributed by atoms with Crippen LogP contribution in [-0.2, 0) is 9.53 Å².